The summed E-state index contributed by atoms with van der Waals surface area (Å²) in [7, 11) is -1.79. The highest BCUT2D eigenvalue weighted by Gasteiger charge is 2.27. The third kappa shape index (κ3) is 3.16. The van der Waals surface area contributed by atoms with Crippen molar-refractivity contribution in [3.8, 4) is 0 Å². The van der Waals surface area contributed by atoms with Gasteiger partial charge in [-0.15, -0.1) is 0 Å². The molecule has 1 rings (SSSR count). The van der Waals surface area contributed by atoms with Crippen molar-refractivity contribution in [3.05, 3.63) is 29.3 Å². The number of rotatable bonds is 6. The van der Waals surface area contributed by atoms with E-state index in [9.17, 15) is 8.42 Å². The molecule has 0 unspecified atom stereocenters. The first kappa shape index (κ1) is 16.1. The predicted octanol–water partition coefficient (Wildman–Crippen LogP) is 2.26. The second-order valence-corrected chi connectivity index (χ2v) is 6.70. The van der Waals surface area contributed by atoms with Crippen LogP contribution in [-0.4, -0.2) is 25.8 Å². The quantitative estimate of drug-likeness (QED) is 0.871. The van der Waals surface area contributed by atoms with Crippen LogP contribution in [0.4, 0.5) is 0 Å². The Morgan fingerprint density at radius 2 is 1.84 bits per heavy atom. The molecule has 19 heavy (non-hydrogen) atoms. The second-order valence-electron chi connectivity index (χ2n) is 4.74. The van der Waals surface area contributed by atoms with Crippen LogP contribution in [0.15, 0.2) is 23.1 Å². The van der Waals surface area contributed by atoms with E-state index in [1.807, 2.05) is 26.8 Å². The first-order valence-corrected chi connectivity index (χ1v) is 8.10. The molecule has 0 heterocycles. The Bertz CT molecular complexity index is 522. The molecular formula is C14H24N2O2S. The topological polar surface area (TPSA) is 63.4 Å². The molecular weight excluding hydrogens is 260 g/mol. The maximum absolute atomic E-state index is 12.7. The summed E-state index contributed by atoms with van der Waals surface area (Å²) in [5.41, 5.74) is 7.27. The van der Waals surface area contributed by atoms with Crippen molar-refractivity contribution in [1.82, 2.24) is 4.31 Å². The standard InChI is InChI=1S/C14H24N2O2S/c1-5-13(6-2)16(4)19(17,18)14-9-7-8-12(10-15)11(14)3/h7-9,13H,5-6,10,15H2,1-4H3. The summed E-state index contributed by atoms with van der Waals surface area (Å²) in [6.07, 6.45) is 1.61. The number of hydrogen-bond donors (Lipinski definition) is 1. The molecule has 0 radical (unpaired) electrons. The molecule has 0 aromatic heterocycles. The van der Waals surface area contributed by atoms with Gasteiger partial charge in [-0.2, -0.15) is 4.31 Å². The maximum atomic E-state index is 12.7. The largest absolute Gasteiger partial charge is 0.326 e. The summed E-state index contributed by atoms with van der Waals surface area (Å²) in [6.45, 7) is 6.17. The van der Waals surface area contributed by atoms with Gasteiger partial charge in [-0.05, 0) is 37.0 Å². The minimum absolute atomic E-state index is 0.0333. The molecule has 4 nitrogen and oxygen atoms in total. The van der Waals surface area contributed by atoms with E-state index in [-0.39, 0.29) is 6.04 Å². The van der Waals surface area contributed by atoms with E-state index in [1.54, 1.807) is 19.2 Å². The third-order valence-electron chi connectivity index (χ3n) is 3.73. The Morgan fingerprint density at radius 3 is 2.32 bits per heavy atom. The van der Waals surface area contributed by atoms with Gasteiger partial charge in [0, 0.05) is 19.6 Å². The lowest BCUT2D eigenvalue weighted by Gasteiger charge is -2.26. The van der Waals surface area contributed by atoms with Crippen molar-refractivity contribution in [3.63, 3.8) is 0 Å². The molecule has 0 spiro atoms. The van der Waals surface area contributed by atoms with E-state index in [0.717, 1.165) is 24.0 Å². The molecule has 1 aromatic carbocycles. The average molecular weight is 284 g/mol. The van der Waals surface area contributed by atoms with Crippen LogP contribution in [-0.2, 0) is 16.6 Å². The van der Waals surface area contributed by atoms with Crippen molar-refractivity contribution >= 4 is 10.0 Å². The second kappa shape index (κ2) is 6.50. The van der Waals surface area contributed by atoms with Gasteiger partial charge in [0.2, 0.25) is 10.0 Å². The molecule has 1 aromatic rings. The van der Waals surface area contributed by atoms with Crippen molar-refractivity contribution in [2.75, 3.05) is 7.05 Å². The number of sulfonamides is 1. The minimum Gasteiger partial charge on any atom is -0.326 e. The molecule has 108 valence electrons. The predicted molar refractivity (Wildman–Crippen MR) is 78.4 cm³/mol. The normalized spacial score (nSPS) is 12.4. The van der Waals surface area contributed by atoms with Gasteiger partial charge in [-0.1, -0.05) is 26.0 Å². The number of nitrogens with two attached hydrogens (primary N) is 1. The van der Waals surface area contributed by atoms with Crippen molar-refractivity contribution in [2.24, 2.45) is 5.73 Å². The zero-order valence-electron chi connectivity index (χ0n) is 12.2. The summed E-state index contributed by atoms with van der Waals surface area (Å²) in [5.74, 6) is 0. The Hall–Kier alpha value is -0.910. The van der Waals surface area contributed by atoms with Gasteiger partial charge in [-0.25, -0.2) is 8.42 Å². The number of benzene rings is 1. The molecule has 0 aliphatic carbocycles. The molecule has 5 heteroatoms. The highest BCUT2D eigenvalue weighted by molar-refractivity contribution is 7.89. The zero-order valence-corrected chi connectivity index (χ0v) is 13.0. The molecule has 0 saturated carbocycles. The van der Waals surface area contributed by atoms with Gasteiger partial charge >= 0.3 is 0 Å². The minimum atomic E-state index is -3.45. The van der Waals surface area contributed by atoms with E-state index in [1.165, 1.54) is 4.31 Å². The van der Waals surface area contributed by atoms with Crippen LogP contribution in [0.1, 0.15) is 37.8 Å². The lowest BCUT2D eigenvalue weighted by molar-refractivity contribution is 0.349. The fraction of sp³-hybridized carbons (Fsp3) is 0.571. The summed E-state index contributed by atoms with van der Waals surface area (Å²) in [5, 5.41) is 0. The molecule has 0 amide bonds. The van der Waals surface area contributed by atoms with Crippen LogP contribution in [0.25, 0.3) is 0 Å². The molecule has 0 saturated heterocycles. The molecule has 2 N–H and O–H groups in total. The van der Waals surface area contributed by atoms with E-state index in [4.69, 9.17) is 5.73 Å². The van der Waals surface area contributed by atoms with Gasteiger partial charge in [0.05, 0.1) is 4.90 Å². The summed E-state index contributed by atoms with van der Waals surface area (Å²) < 4.78 is 26.8. The summed E-state index contributed by atoms with van der Waals surface area (Å²) in [4.78, 5) is 0.366. The third-order valence-corrected chi connectivity index (χ3v) is 5.78. The fourth-order valence-electron chi connectivity index (χ4n) is 2.31. The molecule has 0 bridgehead atoms. The molecule has 0 aliphatic rings. The SMILES string of the molecule is CCC(CC)N(C)S(=O)(=O)c1cccc(CN)c1C. The van der Waals surface area contributed by atoms with Crippen molar-refractivity contribution in [1.29, 1.82) is 0 Å². The van der Waals surface area contributed by atoms with Crippen LogP contribution in [0.2, 0.25) is 0 Å². The van der Waals surface area contributed by atoms with Gasteiger partial charge in [0.15, 0.2) is 0 Å². The fourth-order valence-corrected chi connectivity index (χ4v) is 4.08. The van der Waals surface area contributed by atoms with E-state index in [2.05, 4.69) is 0 Å². The van der Waals surface area contributed by atoms with Crippen LogP contribution >= 0.6 is 0 Å². The van der Waals surface area contributed by atoms with Crippen molar-refractivity contribution < 1.29 is 8.42 Å². The van der Waals surface area contributed by atoms with Crippen LogP contribution < -0.4 is 5.73 Å². The highest BCUT2D eigenvalue weighted by atomic mass is 32.2. The molecule has 0 atom stereocenters. The number of nitrogens with zero attached hydrogens (tertiary/aromatic N) is 1. The number of hydrogen-bond acceptors (Lipinski definition) is 3. The maximum Gasteiger partial charge on any atom is 0.243 e. The van der Waals surface area contributed by atoms with Crippen LogP contribution in [0.5, 0.6) is 0 Å². The highest BCUT2D eigenvalue weighted by Crippen LogP contribution is 2.24. The monoisotopic (exact) mass is 284 g/mol. The van der Waals surface area contributed by atoms with Gasteiger partial charge in [-0.3, -0.25) is 0 Å². The van der Waals surface area contributed by atoms with Crippen LogP contribution in [0.3, 0.4) is 0 Å². The lowest BCUT2D eigenvalue weighted by atomic mass is 10.1. The lowest BCUT2D eigenvalue weighted by Crippen LogP contribution is -2.36. The Kier molecular flexibility index (Phi) is 5.52. The van der Waals surface area contributed by atoms with E-state index in [0.29, 0.717) is 11.4 Å². The molecule has 0 fully saturated rings. The first-order chi connectivity index (χ1) is 8.89. The van der Waals surface area contributed by atoms with Gasteiger partial charge in [0.25, 0.3) is 0 Å². The zero-order chi connectivity index (χ0) is 14.6. The molecule has 0 aliphatic heterocycles. The Balaban J connectivity index is 3.28. The van der Waals surface area contributed by atoms with Gasteiger partial charge in [0.1, 0.15) is 0 Å². The van der Waals surface area contributed by atoms with E-state index < -0.39 is 10.0 Å². The van der Waals surface area contributed by atoms with E-state index >= 15 is 0 Å². The summed E-state index contributed by atoms with van der Waals surface area (Å²) >= 11 is 0. The Labute approximate surface area is 116 Å². The van der Waals surface area contributed by atoms with Crippen molar-refractivity contribution in [2.45, 2.75) is 51.1 Å². The van der Waals surface area contributed by atoms with Crippen LogP contribution in [0, 0.1) is 6.92 Å². The first-order valence-electron chi connectivity index (χ1n) is 6.66. The van der Waals surface area contributed by atoms with Gasteiger partial charge < -0.3 is 5.73 Å². The summed E-state index contributed by atoms with van der Waals surface area (Å²) in [6, 6.07) is 5.31. The smallest absolute Gasteiger partial charge is 0.243 e. The average Bonchev–Trinajstić information content (AvgIpc) is 2.40. The Morgan fingerprint density at radius 1 is 1.26 bits per heavy atom.